The van der Waals surface area contributed by atoms with Crippen LogP contribution in [0.1, 0.15) is 18.1 Å². The number of aliphatic hydroxyl groups is 1. The molecule has 0 heterocycles. The van der Waals surface area contributed by atoms with Gasteiger partial charge in [0.25, 0.3) is 0 Å². The van der Waals surface area contributed by atoms with Crippen molar-refractivity contribution in [1.29, 1.82) is 0 Å². The van der Waals surface area contributed by atoms with Crippen LogP contribution in [0.5, 0.6) is 5.75 Å². The normalized spacial score (nSPS) is 10.5. The molecule has 5 heteroatoms. The summed E-state index contributed by atoms with van der Waals surface area (Å²) in [4.78, 5) is 11.5. The molecule has 0 bridgehead atoms. The van der Waals surface area contributed by atoms with Crippen LogP contribution < -0.4 is 4.74 Å². The zero-order valence-corrected chi connectivity index (χ0v) is 15.0. The van der Waals surface area contributed by atoms with Gasteiger partial charge in [0.1, 0.15) is 18.2 Å². The number of rotatable bonds is 8. The highest BCUT2D eigenvalue weighted by Crippen LogP contribution is 2.29. The van der Waals surface area contributed by atoms with E-state index in [4.69, 9.17) is 14.6 Å². The van der Waals surface area contributed by atoms with Gasteiger partial charge in [-0.15, -0.1) is 0 Å². The molecule has 0 saturated carbocycles. The Hall–Kier alpha value is -2.66. The van der Waals surface area contributed by atoms with E-state index in [0.29, 0.717) is 28.9 Å². The molecule has 4 nitrogen and oxygen atoms in total. The van der Waals surface area contributed by atoms with E-state index in [9.17, 15) is 9.18 Å². The lowest BCUT2D eigenvalue weighted by Gasteiger charge is -2.14. The molecule has 0 fully saturated rings. The minimum Gasteiger partial charge on any atom is -0.491 e. The van der Waals surface area contributed by atoms with Crippen LogP contribution in [0, 0.1) is 12.7 Å². The van der Waals surface area contributed by atoms with E-state index in [-0.39, 0.29) is 25.6 Å². The number of carbonyl (C=O) groups is 1. The van der Waals surface area contributed by atoms with Crippen molar-refractivity contribution in [2.45, 2.75) is 20.3 Å². The molecule has 0 aliphatic rings. The van der Waals surface area contributed by atoms with Crippen LogP contribution in [-0.2, 0) is 16.0 Å². The largest absolute Gasteiger partial charge is 0.491 e. The minimum absolute atomic E-state index is 0.113. The monoisotopic (exact) mass is 358 g/mol. The molecule has 0 spiro atoms. The number of esters is 1. The molecule has 0 aromatic heterocycles. The summed E-state index contributed by atoms with van der Waals surface area (Å²) in [6.07, 6.45) is 0.404. The Labute approximate surface area is 152 Å². The summed E-state index contributed by atoms with van der Waals surface area (Å²) in [5, 5.41) is 8.97. The van der Waals surface area contributed by atoms with Crippen LogP contribution in [-0.4, -0.2) is 30.9 Å². The molecule has 0 radical (unpaired) electrons. The number of carbonyl (C=O) groups excluding carboxylic acids is 1. The lowest BCUT2D eigenvalue weighted by atomic mass is 9.99. The number of aliphatic hydroxyl groups excluding tert-OH is 1. The SMILES string of the molecule is C=C(C)C(=O)OCCc1cc(-c2ccc(C)cc2F)ccc1OCCO. The highest BCUT2D eigenvalue weighted by atomic mass is 19.1. The van der Waals surface area contributed by atoms with Gasteiger partial charge >= 0.3 is 5.97 Å². The number of hydrogen-bond acceptors (Lipinski definition) is 4. The average molecular weight is 358 g/mol. The number of halogens is 1. The second-order valence-corrected chi connectivity index (χ2v) is 6.04. The van der Waals surface area contributed by atoms with Crippen LogP contribution in [0.15, 0.2) is 48.6 Å². The summed E-state index contributed by atoms with van der Waals surface area (Å²) in [5.74, 6) is -0.182. The summed E-state index contributed by atoms with van der Waals surface area (Å²) in [6, 6.07) is 10.4. The molecule has 2 aromatic carbocycles. The Bertz CT molecular complexity index is 799. The van der Waals surface area contributed by atoms with Crippen molar-refractivity contribution in [1.82, 2.24) is 0 Å². The van der Waals surface area contributed by atoms with Crippen LogP contribution in [0.4, 0.5) is 4.39 Å². The van der Waals surface area contributed by atoms with E-state index in [1.165, 1.54) is 6.07 Å². The molecule has 0 saturated heterocycles. The summed E-state index contributed by atoms with van der Waals surface area (Å²) >= 11 is 0. The quantitative estimate of drug-likeness (QED) is 0.575. The average Bonchev–Trinajstić information content (AvgIpc) is 2.60. The van der Waals surface area contributed by atoms with Crippen molar-refractivity contribution in [2.75, 3.05) is 19.8 Å². The maximum absolute atomic E-state index is 14.3. The van der Waals surface area contributed by atoms with Gasteiger partial charge in [0, 0.05) is 17.6 Å². The molecule has 0 amide bonds. The van der Waals surface area contributed by atoms with Crippen molar-refractivity contribution >= 4 is 5.97 Å². The fourth-order valence-corrected chi connectivity index (χ4v) is 2.47. The van der Waals surface area contributed by atoms with E-state index in [2.05, 4.69) is 6.58 Å². The first-order chi connectivity index (χ1) is 12.4. The van der Waals surface area contributed by atoms with Gasteiger partial charge in [-0.25, -0.2) is 9.18 Å². The molecule has 138 valence electrons. The zero-order chi connectivity index (χ0) is 19.1. The fraction of sp³-hybridized carbons (Fsp3) is 0.286. The number of aryl methyl sites for hydroxylation is 1. The van der Waals surface area contributed by atoms with E-state index in [1.807, 2.05) is 19.1 Å². The van der Waals surface area contributed by atoms with Gasteiger partial charge in [0.2, 0.25) is 0 Å². The Morgan fingerprint density at radius 1 is 1.19 bits per heavy atom. The first-order valence-electron chi connectivity index (χ1n) is 8.38. The predicted molar refractivity (Wildman–Crippen MR) is 98.6 cm³/mol. The topological polar surface area (TPSA) is 55.8 Å². The van der Waals surface area contributed by atoms with Gasteiger partial charge < -0.3 is 14.6 Å². The van der Waals surface area contributed by atoms with Crippen molar-refractivity contribution in [3.8, 4) is 16.9 Å². The minimum atomic E-state index is -0.455. The molecule has 1 N–H and O–H groups in total. The van der Waals surface area contributed by atoms with E-state index in [0.717, 1.165) is 11.1 Å². The van der Waals surface area contributed by atoms with Crippen LogP contribution in [0.25, 0.3) is 11.1 Å². The smallest absolute Gasteiger partial charge is 0.333 e. The molecular formula is C21H23FO4. The lowest BCUT2D eigenvalue weighted by molar-refractivity contribution is -0.138. The number of benzene rings is 2. The number of hydrogen-bond donors (Lipinski definition) is 1. The van der Waals surface area contributed by atoms with Gasteiger partial charge in [-0.1, -0.05) is 24.8 Å². The molecule has 2 aromatic rings. The highest BCUT2D eigenvalue weighted by Gasteiger charge is 2.11. The van der Waals surface area contributed by atoms with E-state index in [1.54, 1.807) is 25.1 Å². The molecule has 0 aliphatic heterocycles. The Kier molecular flexibility index (Phi) is 6.92. The van der Waals surface area contributed by atoms with Gasteiger partial charge in [-0.05, 0) is 48.7 Å². The molecule has 0 atom stereocenters. The van der Waals surface area contributed by atoms with Crippen LogP contribution in [0.2, 0.25) is 0 Å². The van der Waals surface area contributed by atoms with Crippen molar-refractivity contribution in [2.24, 2.45) is 0 Å². The third-order valence-electron chi connectivity index (χ3n) is 3.80. The standard InChI is InChI=1S/C21H23FO4/c1-14(2)21(24)26-10-8-17-13-16(5-7-20(17)25-11-9-23)18-6-4-15(3)12-19(18)22/h4-7,12-13,23H,1,8-11H2,2-3H3. The van der Waals surface area contributed by atoms with Crippen LogP contribution >= 0.6 is 0 Å². The Balaban J connectivity index is 2.26. The van der Waals surface area contributed by atoms with E-state index < -0.39 is 5.97 Å². The molecule has 2 rings (SSSR count). The van der Waals surface area contributed by atoms with Crippen molar-refractivity contribution in [3.05, 3.63) is 65.5 Å². The summed E-state index contributed by atoms with van der Waals surface area (Å²) < 4.78 is 24.9. The Morgan fingerprint density at radius 2 is 1.96 bits per heavy atom. The third kappa shape index (κ3) is 5.17. The second-order valence-electron chi connectivity index (χ2n) is 6.04. The molecule has 0 aliphatic carbocycles. The zero-order valence-electron chi connectivity index (χ0n) is 15.0. The van der Waals surface area contributed by atoms with Crippen LogP contribution in [0.3, 0.4) is 0 Å². The molecule has 26 heavy (non-hydrogen) atoms. The van der Waals surface area contributed by atoms with Gasteiger partial charge in [-0.3, -0.25) is 0 Å². The molecule has 0 unspecified atom stereocenters. The first kappa shape index (κ1) is 19.7. The first-order valence-corrected chi connectivity index (χ1v) is 8.38. The summed E-state index contributed by atoms with van der Waals surface area (Å²) in [5.41, 5.74) is 3.15. The van der Waals surface area contributed by atoms with Gasteiger partial charge in [0.05, 0.1) is 13.2 Å². The van der Waals surface area contributed by atoms with Crippen molar-refractivity contribution in [3.63, 3.8) is 0 Å². The van der Waals surface area contributed by atoms with Gasteiger partial charge in [-0.2, -0.15) is 0 Å². The predicted octanol–water partition coefficient (Wildman–Crippen LogP) is 3.83. The molecular weight excluding hydrogens is 335 g/mol. The summed E-state index contributed by atoms with van der Waals surface area (Å²) in [6.45, 7) is 7.15. The maximum atomic E-state index is 14.3. The Morgan fingerprint density at radius 3 is 2.62 bits per heavy atom. The number of ether oxygens (including phenoxy) is 2. The van der Waals surface area contributed by atoms with E-state index >= 15 is 0 Å². The van der Waals surface area contributed by atoms with Gasteiger partial charge in [0.15, 0.2) is 0 Å². The third-order valence-corrected chi connectivity index (χ3v) is 3.80. The highest BCUT2D eigenvalue weighted by molar-refractivity contribution is 5.86. The van der Waals surface area contributed by atoms with Crippen molar-refractivity contribution < 1.29 is 23.8 Å². The second kappa shape index (κ2) is 9.15. The lowest BCUT2D eigenvalue weighted by Crippen LogP contribution is -2.10. The maximum Gasteiger partial charge on any atom is 0.333 e. The summed E-state index contributed by atoms with van der Waals surface area (Å²) in [7, 11) is 0. The fourth-order valence-electron chi connectivity index (χ4n) is 2.47.